The average molecular weight is 913 g/mol. The molecule has 2 heterocycles. The second kappa shape index (κ2) is 22.3. The standard InChI is InChI=1S/C44H70ClN5O11S/c1-15-26(2)20-30-21-31(38(45)32(22-30)58-14)50(12)36(52)23-34(43(8)39(61-43)27(3)33-24-44(56,29(5)57-13)47-41(55)59-33)60-40(54)28(4)49(11)35(51)16-17-42(6,7)62-25-37(53)48(10)19-18-46-9/h15,21-22,27-29,33-34,39,46,56H,16-20,23-25H2,1-14H3,(H,47,55)/b26-15+/t27-,28+,29-,33+,34+,39+,43+,44+/m1/s1. The number of epoxide rings is 1. The van der Waals surface area contributed by atoms with Gasteiger partial charge in [-0.2, -0.15) is 0 Å². The number of aliphatic hydroxyl groups is 1. The van der Waals surface area contributed by atoms with Gasteiger partial charge in [0.25, 0.3) is 0 Å². The van der Waals surface area contributed by atoms with Gasteiger partial charge in [-0.1, -0.05) is 44.0 Å². The number of alkyl carbamates (subject to hydrolysis) is 1. The van der Waals surface area contributed by atoms with E-state index in [0.717, 1.165) is 11.1 Å². The van der Waals surface area contributed by atoms with Crippen LogP contribution in [0, 0.1) is 5.92 Å². The zero-order valence-electron chi connectivity index (χ0n) is 39.0. The number of methoxy groups -OCH3 is 2. The van der Waals surface area contributed by atoms with Crippen LogP contribution < -0.4 is 20.3 Å². The molecule has 350 valence electrons. The topological polar surface area (TPSA) is 189 Å². The van der Waals surface area contributed by atoms with Crippen LogP contribution in [0.5, 0.6) is 5.75 Å². The molecule has 8 atom stereocenters. The predicted octanol–water partition coefficient (Wildman–Crippen LogP) is 4.95. The van der Waals surface area contributed by atoms with Crippen molar-refractivity contribution in [2.24, 2.45) is 5.92 Å². The molecule has 62 heavy (non-hydrogen) atoms. The minimum absolute atomic E-state index is 0.00266. The highest BCUT2D eigenvalue weighted by molar-refractivity contribution is 8.01. The van der Waals surface area contributed by atoms with E-state index >= 15 is 0 Å². The summed E-state index contributed by atoms with van der Waals surface area (Å²) < 4.78 is 28.6. The highest BCUT2D eigenvalue weighted by Crippen LogP contribution is 2.49. The Morgan fingerprint density at radius 2 is 1.79 bits per heavy atom. The second-order valence-electron chi connectivity index (χ2n) is 17.3. The molecule has 0 unspecified atom stereocenters. The number of ether oxygens (including phenoxy) is 5. The first kappa shape index (κ1) is 52.7. The number of nitrogens with one attached hydrogen (secondary N) is 2. The number of nitrogens with zero attached hydrogens (tertiary/aromatic N) is 3. The summed E-state index contributed by atoms with van der Waals surface area (Å²) >= 11 is 8.25. The number of amides is 4. The molecular weight excluding hydrogens is 842 g/mol. The van der Waals surface area contributed by atoms with Crippen LogP contribution in [0.3, 0.4) is 0 Å². The number of carbonyl (C=O) groups is 5. The first-order chi connectivity index (χ1) is 28.9. The molecule has 4 amide bonds. The van der Waals surface area contributed by atoms with Crippen LogP contribution in [0.15, 0.2) is 23.8 Å². The number of carbonyl (C=O) groups excluding carboxylic acids is 5. The molecule has 0 saturated carbocycles. The summed E-state index contributed by atoms with van der Waals surface area (Å²) in [6.07, 6.45) is -1.48. The van der Waals surface area contributed by atoms with E-state index < -0.39 is 70.4 Å². The number of cyclic esters (lactones) is 1. The number of likely N-dealkylation sites (N-methyl/N-ethyl adjacent to an activating group) is 3. The van der Waals surface area contributed by atoms with Gasteiger partial charge in [-0.25, -0.2) is 9.59 Å². The first-order valence-electron chi connectivity index (χ1n) is 21.0. The third kappa shape index (κ3) is 13.5. The summed E-state index contributed by atoms with van der Waals surface area (Å²) in [4.78, 5) is 71.5. The quantitative estimate of drug-likeness (QED) is 0.0761. The van der Waals surface area contributed by atoms with Gasteiger partial charge < -0.3 is 48.8 Å². The number of anilines is 1. The molecule has 1 aromatic carbocycles. The number of allylic oxidation sites excluding steroid dienone is 2. The Labute approximate surface area is 377 Å². The number of benzene rings is 1. The Morgan fingerprint density at radius 1 is 1.13 bits per heavy atom. The summed E-state index contributed by atoms with van der Waals surface area (Å²) in [7, 11) is 9.60. The molecule has 0 aromatic heterocycles. The summed E-state index contributed by atoms with van der Waals surface area (Å²) in [5.74, 6) is -1.38. The number of rotatable bonds is 23. The van der Waals surface area contributed by atoms with Gasteiger partial charge in [-0.15, -0.1) is 11.8 Å². The molecule has 2 saturated heterocycles. The van der Waals surface area contributed by atoms with Gasteiger partial charge in [0.1, 0.15) is 40.7 Å². The van der Waals surface area contributed by atoms with Crippen molar-refractivity contribution in [1.82, 2.24) is 20.4 Å². The predicted molar refractivity (Wildman–Crippen MR) is 240 cm³/mol. The van der Waals surface area contributed by atoms with E-state index in [0.29, 0.717) is 37.4 Å². The molecule has 3 N–H and O–H groups in total. The van der Waals surface area contributed by atoms with Gasteiger partial charge in [-0.05, 0) is 72.2 Å². The Balaban J connectivity index is 1.85. The van der Waals surface area contributed by atoms with Crippen LogP contribution in [0.25, 0.3) is 0 Å². The van der Waals surface area contributed by atoms with Crippen molar-refractivity contribution in [3.63, 3.8) is 0 Å². The normalized spacial score (nSPS) is 23.2. The Kier molecular flexibility index (Phi) is 19.0. The van der Waals surface area contributed by atoms with Crippen LogP contribution in [0.2, 0.25) is 5.02 Å². The van der Waals surface area contributed by atoms with Crippen molar-refractivity contribution in [2.75, 3.05) is 66.2 Å². The lowest BCUT2D eigenvalue weighted by Crippen LogP contribution is -2.63. The highest BCUT2D eigenvalue weighted by atomic mass is 35.5. The molecular formula is C44H70ClN5O11S. The minimum Gasteiger partial charge on any atom is -0.495 e. The monoisotopic (exact) mass is 911 g/mol. The Morgan fingerprint density at radius 3 is 2.39 bits per heavy atom. The molecule has 2 aliphatic heterocycles. The van der Waals surface area contributed by atoms with Crippen molar-refractivity contribution in [2.45, 2.75) is 134 Å². The number of halogens is 1. The van der Waals surface area contributed by atoms with E-state index in [4.69, 9.17) is 35.3 Å². The third-order valence-corrected chi connectivity index (χ3v) is 14.1. The fourth-order valence-electron chi connectivity index (χ4n) is 7.21. The smallest absolute Gasteiger partial charge is 0.409 e. The number of hydrogen-bond donors (Lipinski definition) is 3. The van der Waals surface area contributed by atoms with Crippen LogP contribution in [-0.2, 0) is 44.5 Å². The number of esters is 1. The van der Waals surface area contributed by atoms with Crippen molar-refractivity contribution in [3.05, 3.63) is 34.4 Å². The maximum Gasteiger partial charge on any atom is 0.409 e. The lowest BCUT2D eigenvalue weighted by atomic mass is 9.84. The summed E-state index contributed by atoms with van der Waals surface area (Å²) in [6.45, 7) is 15.8. The maximum absolute atomic E-state index is 14.3. The zero-order valence-corrected chi connectivity index (χ0v) is 40.6. The van der Waals surface area contributed by atoms with E-state index in [-0.39, 0.29) is 41.9 Å². The Hall–Kier alpha value is -3.61. The van der Waals surface area contributed by atoms with E-state index in [1.807, 2.05) is 53.0 Å². The van der Waals surface area contributed by atoms with Gasteiger partial charge in [0.15, 0.2) is 5.72 Å². The first-order valence-corrected chi connectivity index (χ1v) is 22.4. The molecule has 18 heteroatoms. The SMILES string of the molecule is C/C=C(\C)Cc1cc(OC)c(Cl)c(N(C)C(=O)C[C@H](OC(=O)[C@H](C)N(C)C(=O)CCC(C)(C)SCC(=O)N(C)CCNC)[C@]2(C)O[C@H]2[C@H](C)[C@@H]2C[C@](O)([C@@H](C)OC)NC(=O)O2)c1. The van der Waals surface area contributed by atoms with E-state index in [1.165, 1.54) is 42.8 Å². The van der Waals surface area contributed by atoms with Gasteiger partial charge in [-0.3, -0.25) is 19.7 Å². The van der Waals surface area contributed by atoms with Gasteiger partial charge in [0.05, 0.1) is 31.1 Å². The molecule has 0 aliphatic carbocycles. The summed E-state index contributed by atoms with van der Waals surface area (Å²) in [6, 6.07) is 2.59. The van der Waals surface area contributed by atoms with Crippen LogP contribution in [0.1, 0.15) is 86.6 Å². The van der Waals surface area contributed by atoms with Crippen molar-refractivity contribution >= 4 is 58.8 Å². The van der Waals surface area contributed by atoms with Crippen molar-refractivity contribution < 1.29 is 52.8 Å². The van der Waals surface area contributed by atoms with E-state index in [2.05, 4.69) is 10.6 Å². The second-order valence-corrected chi connectivity index (χ2v) is 19.4. The molecule has 16 nitrogen and oxygen atoms in total. The lowest BCUT2D eigenvalue weighted by Gasteiger charge is -2.41. The largest absolute Gasteiger partial charge is 0.495 e. The van der Waals surface area contributed by atoms with Crippen LogP contribution >= 0.6 is 23.4 Å². The average Bonchev–Trinajstić information content (AvgIpc) is 3.93. The number of hydrogen-bond acceptors (Lipinski definition) is 13. The summed E-state index contributed by atoms with van der Waals surface area (Å²) in [5.41, 5.74) is -0.604. The van der Waals surface area contributed by atoms with Gasteiger partial charge in [0.2, 0.25) is 17.7 Å². The van der Waals surface area contributed by atoms with Gasteiger partial charge in [0, 0.05) is 64.8 Å². The third-order valence-electron chi connectivity index (χ3n) is 12.3. The van der Waals surface area contributed by atoms with Crippen molar-refractivity contribution in [1.29, 1.82) is 0 Å². The molecule has 2 aliphatic rings. The molecule has 0 radical (unpaired) electrons. The lowest BCUT2D eigenvalue weighted by molar-refractivity contribution is -0.162. The fourth-order valence-corrected chi connectivity index (χ4v) is 8.51. The van der Waals surface area contributed by atoms with Crippen LogP contribution in [-0.4, -0.2) is 152 Å². The number of thioether (sulfide) groups is 1. The van der Waals surface area contributed by atoms with Gasteiger partial charge >= 0.3 is 12.1 Å². The highest BCUT2D eigenvalue weighted by Gasteiger charge is 2.64. The minimum atomic E-state index is -1.72. The van der Waals surface area contributed by atoms with E-state index in [9.17, 15) is 29.1 Å². The van der Waals surface area contributed by atoms with Crippen LogP contribution in [0.4, 0.5) is 10.5 Å². The fraction of sp³-hybridized carbons (Fsp3) is 0.705. The van der Waals surface area contributed by atoms with Crippen molar-refractivity contribution in [3.8, 4) is 5.75 Å². The summed E-state index contributed by atoms with van der Waals surface area (Å²) in [5, 5.41) is 17.0. The molecule has 1 aromatic rings. The van der Waals surface area contributed by atoms with E-state index in [1.54, 1.807) is 46.7 Å². The zero-order chi connectivity index (χ0) is 46.9. The molecule has 0 spiro atoms. The molecule has 0 bridgehead atoms. The molecule has 3 rings (SSSR count). The maximum atomic E-state index is 14.3. The molecule has 2 fully saturated rings. The Bertz CT molecular complexity index is 1800.